The number of carbonyl (C=O) groups is 2. The molecule has 2 spiro atoms. The molecule has 0 aromatic heterocycles. The van der Waals surface area contributed by atoms with E-state index in [1.54, 1.807) is 6.08 Å². The zero-order valence-electron chi connectivity index (χ0n) is 31.4. The van der Waals surface area contributed by atoms with Crippen LogP contribution < -0.4 is 10.6 Å². The van der Waals surface area contributed by atoms with Crippen molar-refractivity contribution in [1.82, 2.24) is 10.6 Å². The van der Waals surface area contributed by atoms with E-state index in [1.807, 2.05) is 0 Å². The molecule has 5 heterocycles. The number of carbonyl (C=O) groups excluding carboxylic acids is 2. The Morgan fingerprint density at radius 1 is 0.920 bits per heavy atom. The zero-order chi connectivity index (χ0) is 35.2. The Balaban J connectivity index is 1.00. The van der Waals surface area contributed by atoms with Crippen LogP contribution in [0.4, 0.5) is 0 Å². The molecule has 5 rings (SSSR count). The van der Waals surface area contributed by atoms with Crippen LogP contribution in [0.2, 0.25) is 0 Å². The summed E-state index contributed by atoms with van der Waals surface area (Å²) >= 11 is 0. The Kier molecular flexibility index (Phi) is 15.1. The largest absolute Gasteiger partial charge is 0.465 e. The van der Waals surface area contributed by atoms with Gasteiger partial charge >= 0.3 is 17.9 Å². The lowest BCUT2D eigenvalue weighted by molar-refractivity contribution is -0.609. The second kappa shape index (κ2) is 19.4. The van der Waals surface area contributed by atoms with Gasteiger partial charge in [-0.25, -0.2) is 10.6 Å². The van der Waals surface area contributed by atoms with Gasteiger partial charge < -0.3 is 18.9 Å². The highest BCUT2D eigenvalue weighted by molar-refractivity contribution is 5.82. The zero-order valence-corrected chi connectivity index (χ0v) is 31.4. The third kappa shape index (κ3) is 10.4. The van der Waals surface area contributed by atoms with Crippen molar-refractivity contribution >= 4 is 17.9 Å². The standard InChI is InChI=1S/C41H67N3O6/c1-4-29-47-36(45)24-17-15-13-11-9-7-6-8-10-12-14-16-20-30-48-38(46)37-35-26-25-33-31-40(27-19-18-23-34(5-2)50-40)42-39(44(33)35)43-41(37)28-21-22-32(3)49-41/h4,18,23,32-35,37H,1,5-17,19-22,24-31H2,2-3H3,(H,42,43)/p+1/t32?,33-,34?,35+,37+,40?,41+/m0/s1. The Labute approximate surface area is 302 Å². The number of hydrogen-bond acceptors (Lipinski definition) is 8. The van der Waals surface area contributed by atoms with Gasteiger partial charge in [0.1, 0.15) is 6.61 Å². The minimum absolute atomic E-state index is 0.0722. The van der Waals surface area contributed by atoms with E-state index < -0.39 is 11.4 Å². The van der Waals surface area contributed by atoms with Crippen molar-refractivity contribution in [2.45, 2.75) is 197 Å². The Morgan fingerprint density at radius 2 is 1.62 bits per heavy atom. The number of unbranched alkanes of at least 4 members (excludes halogenated alkanes) is 12. The van der Waals surface area contributed by atoms with E-state index >= 15 is 0 Å². The van der Waals surface area contributed by atoms with Crippen LogP contribution in [-0.2, 0) is 28.5 Å². The van der Waals surface area contributed by atoms with Gasteiger partial charge in [-0.3, -0.25) is 14.2 Å². The van der Waals surface area contributed by atoms with Gasteiger partial charge in [-0.1, -0.05) is 102 Å². The highest BCUT2D eigenvalue weighted by atomic mass is 16.6. The number of rotatable bonds is 20. The number of guanidine groups is 1. The quantitative estimate of drug-likeness (QED) is 0.0572. The van der Waals surface area contributed by atoms with Crippen LogP contribution in [0.3, 0.4) is 0 Å². The lowest BCUT2D eigenvalue weighted by atomic mass is 9.80. The summed E-state index contributed by atoms with van der Waals surface area (Å²) in [6, 6.07) is 0.410. The molecular weight excluding hydrogens is 630 g/mol. The summed E-state index contributed by atoms with van der Waals surface area (Å²) in [6.45, 7) is 8.70. The Hall–Kier alpha value is -2.39. The average Bonchev–Trinajstić information content (AvgIpc) is 3.40. The van der Waals surface area contributed by atoms with E-state index in [4.69, 9.17) is 18.9 Å². The normalized spacial score (nSPS) is 31.5. The number of hydrogen-bond donors (Lipinski definition) is 2. The molecule has 2 saturated heterocycles. The van der Waals surface area contributed by atoms with Gasteiger partial charge in [-0.05, 0) is 58.3 Å². The average molecular weight is 699 g/mol. The first-order valence-corrected chi connectivity index (χ1v) is 20.6. The van der Waals surface area contributed by atoms with E-state index in [1.165, 1.54) is 57.8 Å². The summed E-state index contributed by atoms with van der Waals surface area (Å²) in [5.74, 6) is 0.445. The molecule has 0 saturated carbocycles. The van der Waals surface area contributed by atoms with Crippen molar-refractivity contribution in [2.24, 2.45) is 5.92 Å². The van der Waals surface area contributed by atoms with Gasteiger partial charge in [0, 0.05) is 25.7 Å². The number of esters is 2. The molecule has 0 bridgehead atoms. The lowest BCUT2D eigenvalue weighted by Gasteiger charge is -2.50. The van der Waals surface area contributed by atoms with Crippen molar-refractivity contribution < 1.29 is 33.1 Å². The molecule has 3 unspecified atom stereocenters. The first-order valence-electron chi connectivity index (χ1n) is 20.6. The van der Waals surface area contributed by atoms with Crippen LogP contribution >= 0.6 is 0 Å². The van der Waals surface area contributed by atoms with Crippen LogP contribution in [0.1, 0.15) is 162 Å². The third-order valence-electron chi connectivity index (χ3n) is 11.7. The molecule has 50 heavy (non-hydrogen) atoms. The van der Waals surface area contributed by atoms with Crippen LogP contribution in [0.5, 0.6) is 0 Å². The van der Waals surface area contributed by atoms with Gasteiger partial charge in [0.25, 0.3) is 0 Å². The fraction of sp³-hybridized carbons (Fsp3) is 0.829. The summed E-state index contributed by atoms with van der Waals surface area (Å²) in [6.07, 6.45) is 31.0. The van der Waals surface area contributed by atoms with Crippen molar-refractivity contribution in [3.05, 3.63) is 24.8 Å². The summed E-state index contributed by atoms with van der Waals surface area (Å²) in [5, 5.41) is 7.66. The maximum atomic E-state index is 14.0. The molecule has 0 aromatic carbocycles. The fourth-order valence-corrected chi connectivity index (χ4v) is 9.20. The molecule has 7 atom stereocenters. The first kappa shape index (κ1) is 38.8. The first-order chi connectivity index (χ1) is 24.4. The molecular formula is C41H68N3O6+. The minimum atomic E-state index is -0.750. The molecule has 5 aliphatic rings. The van der Waals surface area contributed by atoms with Gasteiger partial charge in [0.05, 0.1) is 30.9 Å². The Bertz CT molecular complexity index is 1170. The monoisotopic (exact) mass is 699 g/mol. The molecule has 9 heteroatoms. The van der Waals surface area contributed by atoms with Gasteiger partial charge in [0.15, 0.2) is 11.6 Å². The highest BCUT2D eigenvalue weighted by Gasteiger charge is 2.64. The second-order valence-electron chi connectivity index (χ2n) is 15.7. The smallest absolute Gasteiger partial charge is 0.350 e. The number of ether oxygens (including phenoxy) is 4. The summed E-state index contributed by atoms with van der Waals surface area (Å²) in [7, 11) is 0. The molecule has 2 fully saturated rings. The van der Waals surface area contributed by atoms with Crippen LogP contribution in [0.25, 0.3) is 0 Å². The molecule has 0 aliphatic carbocycles. The summed E-state index contributed by atoms with van der Waals surface area (Å²) in [5.41, 5.74) is -1.15. The topological polar surface area (TPSA) is 98.1 Å². The van der Waals surface area contributed by atoms with Crippen molar-refractivity contribution in [3.8, 4) is 0 Å². The van der Waals surface area contributed by atoms with Crippen molar-refractivity contribution in [1.29, 1.82) is 0 Å². The van der Waals surface area contributed by atoms with E-state index in [0.717, 1.165) is 89.4 Å². The van der Waals surface area contributed by atoms with E-state index in [9.17, 15) is 9.59 Å². The maximum Gasteiger partial charge on any atom is 0.350 e. The molecule has 0 aromatic rings. The molecule has 9 nitrogen and oxygen atoms in total. The van der Waals surface area contributed by atoms with E-state index in [0.29, 0.717) is 25.7 Å². The van der Waals surface area contributed by atoms with Gasteiger partial charge in [0.2, 0.25) is 5.72 Å². The van der Waals surface area contributed by atoms with Crippen LogP contribution in [0.15, 0.2) is 24.8 Å². The van der Waals surface area contributed by atoms with Crippen molar-refractivity contribution in [3.63, 3.8) is 0 Å². The number of nitrogens with zero attached hydrogens (tertiary/aromatic N) is 1. The summed E-state index contributed by atoms with van der Waals surface area (Å²) < 4.78 is 27.1. The van der Waals surface area contributed by atoms with Gasteiger partial charge in [-0.15, -0.1) is 0 Å². The SMILES string of the molecule is C=CCOC(=O)CCCCCCCCCCCCCCCOC(=O)[C@H]1[C@H]2CC[C@H]3CC4(CCC=CC(CC)O4)NC(=[N+]32)N[C@@]12CCCC(C)O2. The van der Waals surface area contributed by atoms with E-state index in [-0.39, 0.29) is 36.1 Å². The highest BCUT2D eigenvalue weighted by Crippen LogP contribution is 2.45. The number of nitrogens with one attached hydrogen (secondary N) is 2. The molecule has 0 radical (unpaired) electrons. The van der Waals surface area contributed by atoms with Crippen molar-refractivity contribution in [2.75, 3.05) is 13.2 Å². The predicted octanol–water partition coefficient (Wildman–Crippen LogP) is 7.96. The molecule has 282 valence electrons. The van der Waals surface area contributed by atoms with Gasteiger partial charge in [-0.2, -0.15) is 0 Å². The minimum Gasteiger partial charge on any atom is -0.465 e. The Morgan fingerprint density at radius 3 is 2.30 bits per heavy atom. The van der Waals surface area contributed by atoms with Crippen LogP contribution in [-0.4, -0.2) is 71.4 Å². The number of allylic oxidation sites excluding steroid dienone is 1. The van der Waals surface area contributed by atoms with Crippen LogP contribution in [0, 0.1) is 5.92 Å². The fourth-order valence-electron chi connectivity index (χ4n) is 9.20. The third-order valence-corrected chi connectivity index (χ3v) is 11.7. The summed E-state index contributed by atoms with van der Waals surface area (Å²) in [4.78, 5) is 25.5. The predicted molar refractivity (Wildman–Crippen MR) is 197 cm³/mol. The molecule has 2 N–H and O–H groups in total. The lowest BCUT2D eigenvalue weighted by Crippen LogP contribution is -2.76. The molecule has 5 aliphatic heterocycles. The molecule has 0 amide bonds. The maximum absolute atomic E-state index is 14.0. The second-order valence-corrected chi connectivity index (χ2v) is 15.7. The van der Waals surface area contributed by atoms with E-state index in [2.05, 4.69) is 47.8 Å².